The molecule has 0 bridgehead atoms. The number of hydrogen-bond acceptors (Lipinski definition) is 4. The average Bonchev–Trinajstić information content (AvgIpc) is 2.89. The first-order valence-electron chi connectivity index (χ1n) is 7.59. The Hall–Kier alpha value is -3.41. The molecule has 0 saturated carbocycles. The van der Waals surface area contributed by atoms with Crippen molar-refractivity contribution in [1.82, 2.24) is 0 Å². The van der Waals surface area contributed by atoms with Crippen LogP contribution in [-0.2, 0) is 20.8 Å². The molecule has 3 rings (SSSR count). The van der Waals surface area contributed by atoms with Crippen molar-refractivity contribution < 1.29 is 24.2 Å². The molecule has 0 heterocycles. The molecule has 0 fully saturated rings. The van der Waals surface area contributed by atoms with Crippen LogP contribution in [0.2, 0.25) is 0 Å². The molecule has 1 aliphatic rings. The monoisotopic (exact) mass is 337 g/mol. The largest absolute Gasteiger partial charge is 0.478 e. The summed E-state index contributed by atoms with van der Waals surface area (Å²) in [6, 6.07) is 11.0. The second-order valence-electron chi connectivity index (χ2n) is 5.62. The van der Waals surface area contributed by atoms with E-state index in [-0.39, 0.29) is 5.97 Å². The zero-order valence-electron chi connectivity index (χ0n) is 13.4. The average molecular weight is 337 g/mol. The number of esters is 1. The van der Waals surface area contributed by atoms with Crippen molar-refractivity contribution in [2.24, 2.45) is 0 Å². The molecule has 0 aliphatic heterocycles. The molecule has 1 aliphatic carbocycles. The quantitative estimate of drug-likeness (QED) is 0.434. The molecule has 1 amide bonds. The number of carbonyl (C=O) groups is 3. The Morgan fingerprint density at radius 2 is 1.72 bits per heavy atom. The van der Waals surface area contributed by atoms with E-state index >= 15 is 0 Å². The second kappa shape index (κ2) is 6.60. The molecule has 25 heavy (non-hydrogen) atoms. The summed E-state index contributed by atoms with van der Waals surface area (Å²) < 4.78 is 5.11. The van der Waals surface area contributed by atoms with E-state index in [1.165, 1.54) is 6.92 Å². The molecule has 0 saturated heterocycles. The number of hydrogen-bond donors (Lipinski definition) is 2. The van der Waals surface area contributed by atoms with E-state index in [0.717, 1.165) is 34.4 Å². The zero-order chi connectivity index (χ0) is 18.0. The molecule has 0 unspecified atom stereocenters. The number of aliphatic carboxylic acids is 1. The van der Waals surface area contributed by atoms with Crippen molar-refractivity contribution in [2.45, 2.75) is 13.3 Å². The number of benzene rings is 2. The number of ether oxygens (including phenoxy) is 1. The van der Waals surface area contributed by atoms with Gasteiger partial charge in [-0.3, -0.25) is 9.59 Å². The fourth-order valence-electron chi connectivity index (χ4n) is 2.83. The molecule has 2 aromatic carbocycles. The normalized spacial score (nSPS) is 11.7. The van der Waals surface area contributed by atoms with Gasteiger partial charge in [-0.25, -0.2) is 4.79 Å². The van der Waals surface area contributed by atoms with Gasteiger partial charge in [0.2, 0.25) is 5.91 Å². The van der Waals surface area contributed by atoms with Gasteiger partial charge in [-0.05, 0) is 52.9 Å². The van der Waals surface area contributed by atoms with Gasteiger partial charge in [0.1, 0.15) is 5.75 Å². The first kappa shape index (κ1) is 16.4. The number of carboxylic acids is 1. The van der Waals surface area contributed by atoms with Gasteiger partial charge in [0, 0.05) is 24.8 Å². The Morgan fingerprint density at radius 1 is 1.04 bits per heavy atom. The maximum absolute atomic E-state index is 11.7. The summed E-state index contributed by atoms with van der Waals surface area (Å²) in [7, 11) is 0. The van der Waals surface area contributed by atoms with E-state index < -0.39 is 11.9 Å². The number of carbonyl (C=O) groups excluding carboxylic acids is 2. The number of nitrogens with one attached hydrogen (secondary N) is 1. The van der Waals surface area contributed by atoms with E-state index in [9.17, 15) is 14.4 Å². The molecule has 2 aromatic rings. The van der Waals surface area contributed by atoms with E-state index in [1.54, 1.807) is 12.1 Å². The predicted octanol–water partition coefficient (Wildman–Crippen LogP) is 2.76. The third-order valence-corrected chi connectivity index (χ3v) is 3.76. The van der Waals surface area contributed by atoms with Crippen LogP contribution in [0.25, 0.3) is 11.1 Å². The molecule has 0 atom stereocenters. The van der Waals surface area contributed by atoms with Gasteiger partial charge < -0.3 is 15.2 Å². The summed E-state index contributed by atoms with van der Waals surface area (Å²) in [6.07, 6.45) is 2.42. The zero-order valence-corrected chi connectivity index (χ0v) is 13.4. The first-order chi connectivity index (χ1) is 11.9. The summed E-state index contributed by atoms with van der Waals surface area (Å²) in [5, 5.41) is 11.2. The van der Waals surface area contributed by atoms with Gasteiger partial charge in [-0.15, -0.1) is 0 Å². The highest BCUT2D eigenvalue weighted by atomic mass is 16.5. The van der Waals surface area contributed by atoms with E-state index in [2.05, 4.69) is 5.32 Å². The molecule has 2 N–H and O–H groups in total. The molecule has 0 aromatic heterocycles. The van der Waals surface area contributed by atoms with Crippen LogP contribution in [0.5, 0.6) is 5.75 Å². The van der Waals surface area contributed by atoms with Crippen LogP contribution in [0.1, 0.15) is 18.1 Å². The lowest BCUT2D eigenvalue weighted by Gasteiger charge is -2.06. The molecule has 0 radical (unpaired) electrons. The lowest BCUT2D eigenvalue weighted by atomic mass is 10.1. The van der Waals surface area contributed by atoms with Crippen molar-refractivity contribution in [3.8, 4) is 16.9 Å². The predicted molar refractivity (Wildman–Crippen MR) is 91.4 cm³/mol. The highest BCUT2D eigenvalue weighted by Gasteiger charge is 2.19. The van der Waals surface area contributed by atoms with Gasteiger partial charge in [0.25, 0.3) is 0 Å². The van der Waals surface area contributed by atoms with Crippen molar-refractivity contribution in [1.29, 1.82) is 0 Å². The molecular weight excluding hydrogens is 322 g/mol. The highest BCUT2D eigenvalue weighted by Crippen LogP contribution is 2.39. The minimum absolute atomic E-state index is 0.366. The van der Waals surface area contributed by atoms with Gasteiger partial charge in [-0.1, -0.05) is 12.1 Å². The second-order valence-corrected chi connectivity index (χ2v) is 5.62. The topological polar surface area (TPSA) is 92.7 Å². The molecule has 0 spiro atoms. The van der Waals surface area contributed by atoms with Crippen LogP contribution in [0, 0.1) is 0 Å². The van der Waals surface area contributed by atoms with Gasteiger partial charge in [-0.2, -0.15) is 0 Å². The van der Waals surface area contributed by atoms with Crippen molar-refractivity contribution in [2.75, 3.05) is 5.32 Å². The number of amides is 1. The van der Waals surface area contributed by atoms with Crippen molar-refractivity contribution in [3.63, 3.8) is 0 Å². The van der Waals surface area contributed by atoms with Crippen LogP contribution in [0.15, 0.2) is 48.6 Å². The Balaban J connectivity index is 1.80. The van der Waals surface area contributed by atoms with E-state index in [1.807, 2.05) is 24.3 Å². The Kier molecular flexibility index (Phi) is 4.35. The van der Waals surface area contributed by atoms with Crippen molar-refractivity contribution in [3.05, 3.63) is 59.7 Å². The fourth-order valence-corrected chi connectivity index (χ4v) is 2.83. The van der Waals surface area contributed by atoms with Crippen LogP contribution in [0.4, 0.5) is 5.69 Å². The minimum atomic E-state index is -1.18. The third-order valence-electron chi connectivity index (χ3n) is 3.76. The summed E-state index contributed by atoms with van der Waals surface area (Å²) >= 11 is 0. The van der Waals surface area contributed by atoms with Crippen LogP contribution in [0.3, 0.4) is 0 Å². The molecular formula is C19H15NO5. The summed E-state index contributed by atoms with van der Waals surface area (Å²) in [4.78, 5) is 33.2. The molecule has 6 nitrogen and oxygen atoms in total. The van der Waals surface area contributed by atoms with E-state index in [4.69, 9.17) is 9.84 Å². The summed E-state index contributed by atoms with van der Waals surface area (Å²) in [5.74, 6) is -1.54. The Labute approximate surface area is 143 Å². The number of carboxylic acid groups (broad SMARTS) is 1. The smallest absolute Gasteiger partial charge is 0.328 e. The minimum Gasteiger partial charge on any atom is -0.478 e. The van der Waals surface area contributed by atoms with Crippen molar-refractivity contribution >= 4 is 23.5 Å². The standard InChI is InChI=1S/C19H15NO5/c1-11(21)25-15-3-5-17-13(10-15)8-12-9-14(2-4-16(12)17)20-18(22)6-7-19(23)24/h2-7,9-10H,8H2,1H3,(H,20,22)(H,23,24)/b7-6+. The molecule has 6 heteroatoms. The van der Waals surface area contributed by atoms with Crippen LogP contribution < -0.4 is 10.1 Å². The SMILES string of the molecule is CC(=O)Oc1ccc2c(c1)Cc1cc(NC(=O)/C=C/C(=O)O)ccc1-2. The first-order valence-corrected chi connectivity index (χ1v) is 7.59. The third kappa shape index (κ3) is 3.74. The summed E-state index contributed by atoms with van der Waals surface area (Å²) in [6.45, 7) is 1.36. The maximum Gasteiger partial charge on any atom is 0.328 e. The Morgan fingerprint density at radius 3 is 2.40 bits per heavy atom. The summed E-state index contributed by atoms with van der Waals surface area (Å²) in [5.41, 5.74) is 4.79. The number of anilines is 1. The lowest BCUT2D eigenvalue weighted by Crippen LogP contribution is -2.08. The number of rotatable bonds is 4. The Bertz CT molecular complexity index is 914. The number of fused-ring (bicyclic) bond motifs is 3. The molecule has 126 valence electrons. The highest BCUT2D eigenvalue weighted by molar-refractivity contribution is 6.02. The van der Waals surface area contributed by atoms with Gasteiger partial charge in [0.15, 0.2) is 0 Å². The van der Waals surface area contributed by atoms with Crippen LogP contribution in [-0.4, -0.2) is 23.0 Å². The fraction of sp³-hybridized carbons (Fsp3) is 0.105. The van der Waals surface area contributed by atoms with E-state index in [0.29, 0.717) is 17.9 Å². The van der Waals surface area contributed by atoms with Gasteiger partial charge >= 0.3 is 11.9 Å². The van der Waals surface area contributed by atoms with Crippen LogP contribution >= 0.6 is 0 Å². The lowest BCUT2D eigenvalue weighted by molar-refractivity contribution is -0.132. The van der Waals surface area contributed by atoms with Gasteiger partial charge in [0.05, 0.1) is 0 Å². The maximum atomic E-state index is 11.7.